The van der Waals surface area contributed by atoms with Crippen LogP contribution in [0.2, 0.25) is 10.0 Å². The molecule has 3 heterocycles. The summed E-state index contributed by atoms with van der Waals surface area (Å²) in [6.45, 7) is 3.67. The molecule has 9 nitrogen and oxygen atoms in total. The molecule has 0 spiro atoms. The molecule has 0 radical (unpaired) electrons. The summed E-state index contributed by atoms with van der Waals surface area (Å²) >= 11 is 14.4. The van der Waals surface area contributed by atoms with Crippen molar-refractivity contribution in [1.29, 1.82) is 0 Å². The van der Waals surface area contributed by atoms with Gasteiger partial charge in [-0.2, -0.15) is 0 Å². The molecule has 0 aliphatic heterocycles. The zero-order chi connectivity index (χ0) is 32.8. The van der Waals surface area contributed by atoms with Crippen LogP contribution >= 0.6 is 45.9 Å². The molecule has 0 aliphatic carbocycles. The number of carbonyl (C=O) groups is 4. The minimum Gasteiger partial charge on any atom is -0.462 e. The van der Waals surface area contributed by atoms with E-state index in [2.05, 4.69) is 15.6 Å². The van der Waals surface area contributed by atoms with Crippen molar-refractivity contribution in [1.82, 2.24) is 4.98 Å². The first-order chi connectivity index (χ1) is 22.2. The molecule has 5 rings (SSSR count). The van der Waals surface area contributed by atoms with Gasteiger partial charge in [0.1, 0.15) is 32.5 Å². The van der Waals surface area contributed by atoms with Crippen LogP contribution in [0.15, 0.2) is 77.5 Å². The number of hydrogen-bond donors (Lipinski definition) is 2. The van der Waals surface area contributed by atoms with Crippen LogP contribution in [-0.2, 0) is 9.47 Å². The normalized spacial score (nSPS) is 10.7. The minimum absolute atomic E-state index is 0.0671. The molecule has 234 valence electrons. The first-order valence-electron chi connectivity index (χ1n) is 13.9. The second-order valence-electron chi connectivity index (χ2n) is 9.48. The molecule has 2 amide bonds. The number of esters is 2. The number of nitrogens with one attached hydrogen (secondary N) is 2. The molecule has 0 bridgehead atoms. The lowest BCUT2D eigenvalue weighted by atomic mass is 10.0. The van der Waals surface area contributed by atoms with Crippen LogP contribution in [0.1, 0.15) is 55.5 Å². The van der Waals surface area contributed by atoms with Crippen molar-refractivity contribution >= 4 is 79.6 Å². The molecular formula is C33H25Cl2N3O6S2. The lowest BCUT2D eigenvalue weighted by molar-refractivity contribution is 0.0519. The van der Waals surface area contributed by atoms with Crippen molar-refractivity contribution in [3.63, 3.8) is 0 Å². The Kier molecular flexibility index (Phi) is 10.5. The average molecular weight is 695 g/mol. The highest BCUT2D eigenvalue weighted by Crippen LogP contribution is 2.38. The van der Waals surface area contributed by atoms with Gasteiger partial charge in [-0.05, 0) is 61.4 Å². The molecule has 0 atom stereocenters. The van der Waals surface area contributed by atoms with Gasteiger partial charge in [0.25, 0.3) is 11.8 Å². The van der Waals surface area contributed by atoms with Gasteiger partial charge in [0.05, 0.1) is 13.2 Å². The van der Waals surface area contributed by atoms with Gasteiger partial charge in [0.2, 0.25) is 0 Å². The number of pyridine rings is 1. The number of amides is 2. The van der Waals surface area contributed by atoms with Gasteiger partial charge in [0, 0.05) is 31.9 Å². The fourth-order valence-electron chi connectivity index (χ4n) is 4.42. The average Bonchev–Trinajstić information content (AvgIpc) is 3.66. The van der Waals surface area contributed by atoms with Crippen molar-refractivity contribution in [2.45, 2.75) is 13.8 Å². The molecule has 5 aromatic rings. The van der Waals surface area contributed by atoms with Crippen LogP contribution in [0.3, 0.4) is 0 Å². The monoisotopic (exact) mass is 693 g/mol. The summed E-state index contributed by atoms with van der Waals surface area (Å²) in [5, 5.41) is 10.6. The van der Waals surface area contributed by atoms with Gasteiger partial charge >= 0.3 is 11.9 Å². The Morgan fingerprint density at radius 1 is 0.652 bits per heavy atom. The predicted molar refractivity (Wildman–Crippen MR) is 182 cm³/mol. The molecule has 0 saturated heterocycles. The summed E-state index contributed by atoms with van der Waals surface area (Å²) in [6.07, 6.45) is 0. The lowest BCUT2D eigenvalue weighted by Crippen LogP contribution is -2.20. The second kappa shape index (κ2) is 14.7. The summed E-state index contributed by atoms with van der Waals surface area (Å²) in [5.41, 5.74) is 2.83. The van der Waals surface area contributed by atoms with Gasteiger partial charge < -0.3 is 20.1 Å². The van der Waals surface area contributed by atoms with Crippen molar-refractivity contribution in [2.75, 3.05) is 23.8 Å². The number of anilines is 2. The molecule has 13 heteroatoms. The molecule has 0 fully saturated rings. The van der Waals surface area contributed by atoms with E-state index in [-0.39, 0.29) is 45.7 Å². The highest BCUT2D eigenvalue weighted by atomic mass is 35.5. The first-order valence-corrected chi connectivity index (χ1v) is 16.4. The largest absolute Gasteiger partial charge is 0.462 e. The van der Waals surface area contributed by atoms with E-state index in [0.29, 0.717) is 21.2 Å². The Labute approximate surface area is 282 Å². The number of benzene rings is 2. The summed E-state index contributed by atoms with van der Waals surface area (Å²) in [4.78, 5) is 56.8. The number of thiophene rings is 2. The van der Waals surface area contributed by atoms with E-state index in [9.17, 15) is 19.2 Å². The molecular weight excluding hydrogens is 669 g/mol. The van der Waals surface area contributed by atoms with Crippen LogP contribution in [0.5, 0.6) is 0 Å². The summed E-state index contributed by atoms with van der Waals surface area (Å²) in [6, 6.07) is 18.3. The molecule has 2 N–H and O–H groups in total. The maximum atomic E-state index is 13.3. The number of rotatable bonds is 10. The number of hydrogen-bond acceptors (Lipinski definition) is 9. The zero-order valence-corrected chi connectivity index (χ0v) is 27.5. The van der Waals surface area contributed by atoms with Crippen molar-refractivity contribution in [2.24, 2.45) is 0 Å². The SMILES string of the molecule is CCOC(=O)c1c(-c2ccc(Cl)cc2)csc1NC(=O)c1cccc(C(=O)Nc2scc(-c3ccc(Cl)cc3)c2C(=O)OCC)n1. The highest BCUT2D eigenvalue weighted by molar-refractivity contribution is 7.15. The lowest BCUT2D eigenvalue weighted by Gasteiger charge is -2.10. The Balaban J connectivity index is 1.40. The van der Waals surface area contributed by atoms with Gasteiger partial charge in [-0.15, -0.1) is 22.7 Å². The zero-order valence-electron chi connectivity index (χ0n) is 24.4. The number of aromatic nitrogens is 1. The van der Waals surface area contributed by atoms with E-state index in [1.165, 1.54) is 18.2 Å². The van der Waals surface area contributed by atoms with Crippen LogP contribution < -0.4 is 10.6 Å². The Bertz CT molecular complexity index is 1790. The summed E-state index contributed by atoms with van der Waals surface area (Å²) < 4.78 is 10.5. The molecule has 0 aliphatic rings. The topological polar surface area (TPSA) is 124 Å². The van der Waals surface area contributed by atoms with Crippen molar-refractivity contribution in [3.05, 3.63) is 110 Å². The van der Waals surface area contributed by atoms with E-state index >= 15 is 0 Å². The molecule has 2 aromatic carbocycles. The molecule has 0 saturated carbocycles. The fraction of sp³-hybridized carbons (Fsp3) is 0.121. The third-order valence-electron chi connectivity index (χ3n) is 6.52. The van der Waals surface area contributed by atoms with Crippen LogP contribution in [-0.4, -0.2) is 42.0 Å². The van der Waals surface area contributed by atoms with Crippen LogP contribution in [0, 0.1) is 0 Å². The predicted octanol–water partition coefficient (Wildman–Crippen LogP) is 8.70. The van der Waals surface area contributed by atoms with E-state index in [1.807, 2.05) is 0 Å². The maximum Gasteiger partial charge on any atom is 0.341 e. The van der Waals surface area contributed by atoms with Gasteiger partial charge in [-0.25, -0.2) is 14.6 Å². The number of nitrogens with zero attached hydrogens (tertiary/aromatic N) is 1. The third-order valence-corrected chi connectivity index (χ3v) is 8.81. The maximum absolute atomic E-state index is 13.3. The van der Waals surface area contributed by atoms with Crippen LogP contribution in [0.4, 0.5) is 10.0 Å². The summed E-state index contributed by atoms with van der Waals surface area (Å²) in [7, 11) is 0. The summed E-state index contributed by atoms with van der Waals surface area (Å²) in [5.74, 6) is -2.48. The molecule has 3 aromatic heterocycles. The first kappa shape index (κ1) is 32.8. The van der Waals surface area contributed by atoms with E-state index in [1.54, 1.807) is 73.1 Å². The number of carbonyl (C=O) groups excluding carboxylic acids is 4. The van der Waals surface area contributed by atoms with Gasteiger partial charge in [-0.1, -0.05) is 53.5 Å². The Morgan fingerprint density at radius 3 is 1.41 bits per heavy atom. The standard InChI is InChI=1S/C33H25Cl2N3O6S2/c1-3-43-32(41)26-22(18-8-12-20(34)13-9-18)16-45-30(26)37-28(39)24-6-5-7-25(36-24)29(40)38-31-27(33(42)44-4-2)23(17-46-31)19-10-14-21(35)15-11-19/h5-17H,3-4H2,1-2H3,(H,37,39)(H,38,40). The van der Waals surface area contributed by atoms with E-state index < -0.39 is 23.8 Å². The van der Waals surface area contributed by atoms with Gasteiger partial charge in [0.15, 0.2) is 0 Å². The number of ether oxygens (including phenoxy) is 2. The fourth-order valence-corrected chi connectivity index (χ4v) is 6.57. The van der Waals surface area contributed by atoms with Crippen LogP contribution in [0.25, 0.3) is 22.3 Å². The minimum atomic E-state index is -0.641. The van der Waals surface area contributed by atoms with Crippen molar-refractivity contribution in [3.8, 4) is 22.3 Å². The molecule has 46 heavy (non-hydrogen) atoms. The molecule has 0 unspecified atom stereocenters. The Hall–Kier alpha value is -4.55. The van der Waals surface area contributed by atoms with Gasteiger partial charge in [-0.3, -0.25) is 9.59 Å². The van der Waals surface area contributed by atoms with E-state index in [4.69, 9.17) is 32.7 Å². The Morgan fingerprint density at radius 2 is 1.04 bits per heavy atom. The highest BCUT2D eigenvalue weighted by Gasteiger charge is 2.26. The smallest absolute Gasteiger partial charge is 0.341 e. The third kappa shape index (κ3) is 7.29. The quantitative estimate of drug-likeness (QED) is 0.140. The number of halogens is 2. The van der Waals surface area contributed by atoms with E-state index in [0.717, 1.165) is 33.8 Å². The second-order valence-corrected chi connectivity index (χ2v) is 12.1. The van der Waals surface area contributed by atoms with Crippen molar-refractivity contribution < 1.29 is 28.7 Å².